The summed E-state index contributed by atoms with van der Waals surface area (Å²) in [7, 11) is 0. The lowest BCUT2D eigenvalue weighted by molar-refractivity contribution is 0.243. The Bertz CT molecular complexity index is 622. The summed E-state index contributed by atoms with van der Waals surface area (Å²) in [5.74, 6) is 1.93. The lowest BCUT2D eigenvalue weighted by Crippen LogP contribution is -2.08. The van der Waals surface area contributed by atoms with Gasteiger partial charge in [0.2, 0.25) is 0 Å². The van der Waals surface area contributed by atoms with Gasteiger partial charge in [-0.2, -0.15) is 0 Å². The third-order valence-electron chi connectivity index (χ3n) is 3.49. The van der Waals surface area contributed by atoms with Gasteiger partial charge in [-0.1, -0.05) is 24.3 Å². The molecule has 3 nitrogen and oxygen atoms in total. The van der Waals surface area contributed by atoms with Crippen LogP contribution in [0, 0.1) is 0 Å². The van der Waals surface area contributed by atoms with Gasteiger partial charge in [0.15, 0.2) is 0 Å². The number of benzene rings is 2. The van der Waals surface area contributed by atoms with E-state index >= 15 is 0 Å². The van der Waals surface area contributed by atoms with E-state index in [0.29, 0.717) is 0 Å². The van der Waals surface area contributed by atoms with Crippen molar-refractivity contribution in [3.05, 3.63) is 53.6 Å². The quantitative estimate of drug-likeness (QED) is 0.899. The van der Waals surface area contributed by atoms with Crippen LogP contribution < -0.4 is 14.8 Å². The second-order valence-electron chi connectivity index (χ2n) is 5.56. The molecule has 0 amide bonds. The number of hydrogen-bond acceptors (Lipinski definition) is 3. The van der Waals surface area contributed by atoms with Gasteiger partial charge in [0, 0.05) is 13.0 Å². The Morgan fingerprint density at radius 3 is 2.90 bits per heavy atom. The Hall–Kier alpha value is -2.16. The van der Waals surface area contributed by atoms with Gasteiger partial charge in [0.25, 0.3) is 0 Å². The van der Waals surface area contributed by atoms with Crippen molar-refractivity contribution in [3.8, 4) is 11.5 Å². The van der Waals surface area contributed by atoms with Crippen molar-refractivity contribution in [2.24, 2.45) is 0 Å². The first-order valence-corrected chi connectivity index (χ1v) is 7.46. The zero-order chi connectivity index (χ0) is 14.7. The first kappa shape index (κ1) is 13.8. The normalized spacial score (nSPS) is 12.9. The number of hydrogen-bond donors (Lipinski definition) is 1. The van der Waals surface area contributed by atoms with Gasteiger partial charge in [-0.25, -0.2) is 0 Å². The van der Waals surface area contributed by atoms with Crippen LogP contribution in [-0.2, 0) is 13.0 Å². The fourth-order valence-electron chi connectivity index (χ4n) is 2.52. The molecule has 0 radical (unpaired) electrons. The standard InChI is InChI=1S/C18H21NO2/c1-13(2)21-18-6-4-3-5-16(18)19-12-14-7-8-17-15(11-14)9-10-20-17/h3-8,11,13,19H,9-10,12H2,1-2H3. The molecule has 1 heterocycles. The number of nitrogens with one attached hydrogen (secondary N) is 1. The maximum absolute atomic E-state index is 5.83. The molecule has 0 fully saturated rings. The molecule has 0 saturated carbocycles. The minimum Gasteiger partial charge on any atom is -0.493 e. The van der Waals surface area contributed by atoms with E-state index in [1.807, 2.05) is 38.1 Å². The molecular formula is C18H21NO2. The van der Waals surface area contributed by atoms with E-state index in [1.54, 1.807) is 0 Å². The van der Waals surface area contributed by atoms with Crippen LogP contribution in [0.5, 0.6) is 11.5 Å². The average Bonchev–Trinajstić information content (AvgIpc) is 2.93. The number of rotatable bonds is 5. The zero-order valence-corrected chi connectivity index (χ0v) is 12.6. The van der Waals surface area contributed by atoms with Gasteiger partial charge in [-0.05, 0) is 43.2 Å². The summed E-state index contributed by atoms with van der Waals surface area (Å²) in [6.45, 7) is 5.66. The van der Waals surface area contributed by atoms with E-state index < -0.39 is 0 Å². The Kier molecular flexibility index (Phi) is 4.00. The molecule has 2 aromatic carbocycles. The van der Waals surface area contributed by atoms with Gasteiger partial charge in [-0.3, -0.25) is 0 Å². The minimum absolute atomic E-state index is 0.171. The highest BCUT2D eigenvalue weighted by Crippen LogP contribution is 2.28. The van der Waals surface area contributed by atoms with E-state index in [0.717, 1.165) is 36.8 Å². The number of ether oxygens (including phenoxy) is 2. The van der Waals surface area contributed by atoms with Crippen LogP contribution in [-0.4, -0.2) is 12.7 Å². The van der Waals surface area contributed by atoms with Crippen molar-refractivity contribution in [3.63, 3.8) is 0 Å². The Labute approximate surface area is 125 Å². The van der Waals surface area contributed by atoms with E-state index in [2.05, 4.69) is 23.5 Å². The highest BCUT2D eigenvalue weighted by atomic mass is 16.5. The molecule has 0 saturated heterocycles. The predicted molar refractivity (Wildman–Crippen MR) is 85.2 cm³/mol. The third-order valence-corrected chi connectivity index (χ3v) is 3.49. The van der Waals surface area contributed by atoms with Crippen molar-refractivity contribution in [2.75, 3.05) is 11.9 Å². The first-order valence-electron chi connectivity index (χ1n) is 7.46. The van der Waals surface area contributed by atoms with Crippen molar-refractivity contribution in [1.29, 1.82) is 0 Å². The first-order chi connectivity index (χ1) is 10.2. The maximum atomic E-state index is 5.83. The smallest absolute Gasteiger partial charge is 0.142 e. The molecule has 1 aliphatic rings. The van der Waals surface area contributed by atoms with Crippen LogP contribution in [0.25, 0.3) is 0 Å². The number of para-hydroxylation sites is 2. The second-order valence-corrected chi connectivity index (χ2v) is 5.56. The van der Waals surface area contributed by atoms with E-state index in [-0.39, 0.29) is 6.10 Å². The highest BCUT2D eigenvalue weighted by Gasteiger charge is 2.12. The predicted octanol–water partition coefficient (Wildman–Crippen LogP) is 4.02. The number of fused-ring (bicyclic) bond motifs is 1. The summed E-state index contributed by atoms with van der Waals surface area (Å²) in [5, 5.41) is 3.46. The highest BCUT2D eigenvalue weighted by molar-refractivity contribution is 5.56. The van der Waals surface area contributed by atoms with Crippen LogP contribution in [0.2, 0.25) is 0 Å². The maximum Gasteiger partial charge on any atom is 0.142 e. The lowest BCUT2D eigenvalue weighted by Gasteiger charge is -2.15. The summed E-state index contributed by atoms with van der Waals surface area (Å²) >= 11 is 0. The van der Waals surface area contributed by atoms with Crippen LogP contribution in [0.3, 0.4) is 0 Å². The summed E-state index contributed by atoms with van der Waals surface area (Å²) in [6, 6.07) is 14.5. The Balaban J connectivity index is 1.70. The fourth-order valence-corrected chi connectivity index (χ4v) is 2.52. The molecular weight excluding hydrogens is 262 g/mol. The van der Waals surface area contributed by atoms with Gasteiger partial charge in [0.05, 0.1) is 18.4 Å². The number of anilines is 1. The molecule has 3 rings (SSSR count). The molecule has 0 aliphatic carbocycles. The molecule has 0 unspecified atom stereocenters. The molecule has 0 bridgehead atoms. The minimum atomic E-state index is 0.171. The molecule has 1 N–H and O–H groups in total. The van der Waals surface area contributed by atoms with Crippen LogP contribution in [0.4, 0.5) is 5.69 Å². The lowest BCUT2D eigenvalue weighted by atomic mass is 10.1. The van der Waals surface area contributed by atoms with Crippen molar-refractivity contribution in [1.82, 2.24) is 0 Å². The third kappa shape index (κ3) is 3.30. The van der Waals surface area contributed by atoms with E-state index in [4.69, 9.17) is 9.47 Å². The van der Waals surface area contributed by atoms with Gasteiger partial charge >= 0.3 is 0 Å². The average molecular weight is 283 g/mol. The zero-order valence-electron chi connectivity index (χ0n) is 12.6. The van der Waals surface area contributed by atoms with Crippen molar-refractivity contribution >= 4 is 5.69 Å². The van der Waals surface area contributed by atoms with Crippen molar-refractivity contribution < 1.29 is 9.47 Å². The molecule has 0 aromatic heterocycles. The molecule has 110 valence electrons. The van der Waals surface area contributed by atoms with Gasteiger partial charge in [-0.15, -0.1) is 0 Å². The summed E-state index contributed by atoms with van der Waals surface area (Å²) in [5.41, 5.74) is 3.60. The monoisotopic (exact) mass is 283 g/mol. The summed E-state index contributed by atoms with van der Waals surface area (Å²) in [4.78, 5) is 0. The van der Waals surface area contributed by atoms with Crippen LogP contribution in [0.15, 0.2) is 42.5 Å². The second kappa shape index (κ2) is 6.08. The van der Waals surface area contributed by atoms with Gasteiger partial charge < -0.3 is 14.8 Å². The SMILES string of the molecule is CC(C)Oc1ccccc1NCc1ccc2c(c1)CCO2. The Morgan fingerprint density at radius 1 is 1.19 bits per heavy atom. The molecule has 3 heteroatoms. The van der Waals surface area contributed by atoms with E-state index in [1.165, 1.54) is 11.1 Å². The molecule has 2 aromatic rings. The van der Waals surface area contributed by atoms with Gasteiger partial charge in [0.1, 0.15) is 11.5 Å². The summed E-state index contributed by atoms with van der Waals surface area (Å²) < 4.78 is 11.4. The topological polar surface area (TPSA) is 30.5 Å². The largest absolute Gasteiger partial charge is 0.493 e. The summed E-state index contributed by atoms with van der Waals surface area (Å²) in [6.07, 6.45) is 1.18. The molecule has 21 heavy (non-hydrogen) atoms. The fraction of sp³-hybridized carbons (Fsp3) is 0.333. The van der Waals surface area contributed by atoms with Crippen LogP contribution in [0.1, 0.15) is 25.0 Å². The van der Waals surface area contributed by atoms with Crippen molar-refractivity contribution in [2.45, 2.75) is 32.9 Å². The van der Waals surface area contributed by atoms with Crippen LogP contribution >= 0.6 is 0 Å². The molecule has 0 atom stereocenters. The molecule has 0 spiro atoms. The van der Waals surface area contributed by atoms with E-state index in [9.17, 15) is 0 Å². The molecule has 1 aliphatic heterocycles. The Morgan fingerprint density at radius 2 is 2.05 bits per heavy atom.